The van der Waals surface area contributed by atoms with E-state index in [9.17, 15) is 0 Å². The number of nitrogens with zero attached hydrogens (tertiary/aromatic N) is 1. The third kappa shape index (κ3) is 2.16. The minimum absolute atomic E-state index is 1.21. The minimum Gasteiger partial charge on any atom is -0.309 e. The molecule has 0 saturated carbocycles. The zero-order valence-corrected chi connectivity index (χ0v) is 17.9. The first-order valence-electron chi connectivity index (χ1n) is 11.5. The van der Waals surface area contributed by atoms with Gasteiger partial charge in [-0.2, -0.15) is 0 Å². The molecule has 7 aromatic rings. The highest BCUT2D eigenvalue weighted by molar-refractivity contribution is 6.24. The molecule has 0 bridgehead atoms. The van der Waals surface area contributed by atoms with E-state index in [1.807, 2.05) is 0 Å². The summed E-state index contributed by atoms with van der Waals surface area (Å²) in [5.41, 5.74) is 9.12. The average molecular weight is 418 g/mol. The van der Waals surface area contributed by atoms with Crippen LogP contribution in [0.25, 0.3) is 71.3 Å². The third-order valence-corrected chi connectivity index (χ3v) is 7.29. The summed E-state index contributed by atoms with van der Waals surface area (Å²) < 4.78 is 2.47. The van der Waals surface area contributed by atoms with Crippen LogP contribution in [-0.4, -0.2) is 4.57 Å². The van der Waals surface area contributed by atoms with Gasteiger partial charge < -0.3 is 4.57 Å². The van der Waals surface area contributed by atoms with Crippen LogP contribution < -0.4 is 0 Å². The first-order valence-corrected chi connectivity index (χ1v) is 11.5. The maximum Gasteiger partial charge on any atom is 0.0625 e. The molecule has 0 saturated heterocycles. The lowest BCUT2D eigenvalue weighted by Crippen LogP contribution is -1.95. The molecule has 0 radical (unpaired) electrons. The van der Waals surface area contributed by atoms with Crippen molar-refractivity contribution >= 4 is 43.4 Å². The second kappa shape index (κ2) is 6.11. The summed E-state index contributed by atoms with van der Waals surface area (Å²) in [5, 5.41) is 7.82. The van der Waals surface area contributed by atoms with Crippen molar-refractivity contribution in [1.82, 2.24) is 4.57 Å². The topological polar surface area (TPSA) is 4.93 Å². The lowest BCUT2D eigenvalue weighted by atomic mass is 10.00. The van der Waals surface area contributed by atoms with E-state index in [2.05, 4.69) is 120 Å². The molecule has 152 valence electrons. The average Bonchev–Trinajstić information content (AvgIpc) is 3.38. The lowest BCUT2D eigenvalue weighted by molar-refractivity contribution is 1.19. The molecule has 6 aromatic carbocycles. The van der Waals surface area contributed by atoms with Gasteiger partial charge in [0.2, 0.25) is 0 Å². The molecule has 1 heterocycles. The van der Waals surface area contributed by atoms with Gasteiger partial charge in [0.15, 0.2) is 0 Å². The third-order valence-electron chi connectivity index (χ3n) is 7.29. The Balaban J connectivity index is 1.59. The van der Waals surface area contributed by atoms with Crippen molar-refractivity contribution in [3.8, 4) is 27.9 Å². The molecule has 0 N–H and O–H groups in total. The van der Waals surface area contributed by atoms with E-state index in [-0.39, 0.29) is 0 Å². The Morgan fingerprint density at radius 2 is 1.21 bits per heavy atom. The van der Waals surface area contributed by atoms with E-state index < -0.39 is 0 Å². The molecule has 0 fully saturated rings. The fraction of sp³-hybridized carbons (Fsp3) is 0. The summed E-state index contributed by atoms with van der Waals surface area (Å²) in [4.78, 5) is 0. The maximum atomic E-state index is 2.47. The standard InChI is InChI=1S/C32H19N/c1-2-8-22-19-23(16-15-20(22)7-1)33-29-14-4-3-11-24(29)27-18-17-26-25-12-5-9-21-10-6-13-28(30(21)25)31(26)32(27)33/h1-19H. The molecule has 0 atom stereocenters. The number of fused-ring (bicyclic) bond motifs is 8. The van der Waals surface area contributed by atoms with E-state index in [0.29, 0.717) is 0 Å². The summed E-state index contributed by atoms with van der Waals surface area (Å²) in [5.74, 6) is 0. The van der Waals surface area contributed by atoms with E-state index >= 15 is 0 Å². The van der Waals surface area contributed by atoms with Crippen molar-refractivity contribution in [2.75, 3.05) is 0 Å². The summed E-state index contributed by atoms with van der Waals surface area (Å²) >= 11 is 0. The summed E-state index contributed by atoms with van der Waals surface area (Å²) in [7, 11) is 0. The molecule has 0 spiro atoms. The molecule has 0 amide bonds. The molecule has 8 rings (SSSR count). The van der Waals surface area contributed by atoms with E-state index in [0.717, 1.165) is 0 Å². The van der Waals surface area contributed by atoms with Gasteiger partial charge in [0, 0.05) is 22.0 Å². The van der Waals surface area contributed by atoms with Gasteiger partial charge in [-0.25, -0.2) is 0 Å². The Labute approximate surface area is 191 Å². The zero-order chi connectivity index (χ0) is 21.5. The van der Waals surface area contributed by atoms with E-state index in [1.54, 1.807) is 0 Å². The largest absolute Gasteiger partial charge is 0.309 e. The predicted octanol–water partition coefficient (Wildman–Crippen LogP) is 8.74. The minimum atomic E-state index is 1.21. The molecule has 1 heteroatoms. The van der Waals surface area contributed by atoms with Crippen molar-refractivity contribution < 1.29 is 0 Å². The summed E-state index contributed by atoms with van der Waals surface area (Å²) in [6, 6.07) is 42.3. The van der Waals surface area contributed by atoms with Gasteiger partial charge in [0.05, 0.1) is 11.0 Å². The van der Waals surface area contributed by atoms with Gasteiger partial charge in [-0.05, 0) is 56.4 Å². The smallest absolute Gasteiger partial charge is 0.0625 e. The maximum absolute atomic E-state index is 2.47. The Kier molecular flexibility index (Phi) is 3.19. The van der Waals surface area contributed by atoms with Gasteiger partial charge in [-0.3, -0.25) is 0 Å². The second-order valence-corrected chi connectivity index (χ2v) is 8.98. The number of hydrogen-bond donors (Lipinski definition) is 0. The highest BCUT2D eigenvalue weighted by Gasteiger charge is 2.26. The van der Waals surface area contributed by atoms with Crippen LogP contribution in [0.2, 0.25) is 0 Å². The Morgan fingerprint density at radius 3 is 2.12 bits per heavy atom. The first kappa shape index (κ1) is 17.2. The number of para-hydroxylation sites is 1. The van der Waals surface area contributed by atoms with Crippen molar-refractivity contribution in [3.63, 3.8) is 0 Å². The number of rotatable bonds is 1. The highest BCUT2D eigenvalue weighted by atomic mass is 15.0. The Hall–Kier alpha value is -4.36. The van der Waals surface area contributed by atoms with E-state index in [4.69, 9.17) is 0 Å². The second-order valence-electron chi connectivity index (χ2n) is 8.98. The van der Waals surface area contributed by atoms with Gasteiger partial charge >= 0.3 is 0 Å². The van der Waals surface area contributed by atoms with Crippen molar-refractivity contribution in [2.45, 2.75) is 0 Å². The van der Waals surface area contributed by atoms with Crippen LogP contribution in [0.15, 0.2) is 115 Å². The normalized spacial score (nSPS) is 12.2. The van der Waals surface area contributed by atoms with Crippen LogP contribution in [0.5, 0.6) is 0 Å². The van der Waals surface area contributed by atoms with Crippen LogP contribution in [0.1, 0.15) is 0 Å². The van der Waals surface area contributed by atoms with Crippen LogP contribution in [0.4, 0.5) is 0 Å². The van der Waals surface area contributed by atoms with Gasteiger partial charge in [0.1, 0.15) is 0 Å². The molecule has 1 aromatic heterocycles. The van der Waals surface area contributed by atoms with Crippen LogP contribution in [0.3, 0.4) is 0 Å². The highest BCUT2D eigenvalue weighted by Crippen LogP contribution is 2.51. The monoisotopic (exact) mass is 417 g/mol. The van der Waals surface area contributed by atoms with Gasteiger partial charge in [-0.15, -0.1) is 0 Å². The first-order chi connectivity index (χ1) is 16.4. The van der Waals surface area contributed by atoms with Crippen LogP contribution in [-0.2, 0) is 0 Å². The van der Waals surface area contributed by atoms with Crippen molar-refractivity contribution in [2.24, 2.45) is 0 Å². The Morgan fingerprint density at radius 1 is 0.455 bits per heavy atom. The van der Waals surface area contributed by atoms with Crippen molar-refractivity contribution in [3.05, 3.63) is 115 Å². The molecule has 33 heavy (non-hydrogen) atoms. The van der Waals surface area contributed by atoms with Gasteiger partial charge in [0.25, 0.3) is 0 Å². The molecule has 0 unspecified atom stereocenters. The molecular formula is C32H19N. The van der Waals surface area contributed by atoms with Crippen molar-refractivity contribution in [1.29, 1.82) is 0 Å². The molecular weight excluding hydrogens is 398 g/mol. The molecule has 0 aliphatic heterocycles. The quantitative estimate of drug-likeness (QED) is 0.252. The summed E-state index contributed by atoms with van der Waals surface area (Å²) in [6.07, 6.45) is 0. The zero-order valence-electron chi connectivity index (χ0n) is 17.9. The number of aromatic nitrogens is 1. The van der Waals surface area contributed by atoms with Gasteiger partial charge in [-0.1, -0.05) is 97.1 Å². The Bertz CT molecular complexity index is 1910. The predicted molar refractivity (Wildman–Crippen MR) is 140 cm³/mol. The van der Waals surface area contributed by atoms with Crippen LogP contribution in [0, 0.1) is 0 Å². The molecule has 1 aliphatic carbocycles. The summed E-state index contributed by atoms with van der Waals surface area (Å²) in [6.45, 7) is 0. The SMILES string of the molecule is c1ccc2cc(-n3c4ccccc4c4ccc5c(c43)-c3cccc4cccc-5c34)ccc2c1. The molecule has 1 nitrogen and oxygen atoms in total. The fourth-order valence-electron chi connectivity index (χ4n) is 5.91. The van der Waals surface area contributed by atoms with Crippen LogP contribution >= 0.6 is 0 Å². The lowest BCUT2D eigenvalue weighted by Gasteiger charge is -2.13. The fourth-order valence-corrected chi connectivity index (χ4v) is 5.91. The number of benzene rings is 6. The molecule has 1 aliphatic rings. The van der Waals surface area contributed by atoms with E-state index in [1.165, 1.54) is 71.3 Å². The number of hydrogen-bond acceptors (Lipinski definition) is 0.